The van der Waals surface area contributed by atoms with Gasteiger partial charge in [-0.3, -0.25) is 4.98 Å². The Morgan fingerprint density at radius 1 is 1.45 bits per heavy atom. The standard InChI is InChI=1S/C9H10N2/c1-7-9-5-10-4-3-8(9)6-11(7)2/h3-6H,1-2H3. The first-order valence-corrected chi connectivity index (χ1v) is 3.64. The first kappa shape index (κ1) is 6.40. The summed E-state index contributed by atoms with van der Waals surface area (Å²) in [5.41, 5.74) is 1.27. The molecule has 0 unspecified atom stereocenters. The van der Waals surface area contributed by atoms with Gasteiger partial charge in [-0.2, -0.15) is 0 Å². The van der Waals surface area contributed by atoms with E-state index in [1.54, 1.807) is 0 Å². The van der Waals surface area contributed by atoms with E-state index in [1.807, 2.05) is 18.5 Å². The van der Waals surface area contributed by atoms with Crippen LogP contribution in [0.3, 0.4) is 0 Å². The molecule has 0 atom stereocenters. The van der Waals surface area contributed by atoms with Crippen LogP contribution in [0.25, 0.3) is 10.8 Å². The predicted octanol–water partition coefficient (Wildman–Crippen LogP) is 1.88. The monoisotopic (exact) mass is 146 g/mol. The normalized spacial score (nSPS) is 10.7. The average molecular weight is 146 g/mol. The zero-order valence-corrected chi connectivity index (χ0v) is 6.70. The molecule has 0 spiro atoms. The summed E-state index contributed by atoms with van der Waals surface area (Å²) < 4.78 is 2.12. The van der Waals surface area contributed by atoms with Crippen LogP contribution < -0.4 is 0 Å². The van der Waals surface area contributed by atoms with Crippen molar-refractivity contribution in [3.8, 4) is 0 Å². The van der Waals surface area contributed by atoms with E-state index in [9.17, 15) is 0 Å². The number of aryl methyl sites for hydroxylation is 2. The molecule has 0 fully saturated rings. The van der Waals surface area contributed by atoms with Crippen LogP contribution in [0.15, 0.2) is 24.7 Å². The Balaban J connectivity index is 2.92. The fraction of sp³-hybridized carbons (Fsp3) is 0.222. The highest BCUT2D eigenvalue weighted by molar-refractivity contribution is 5.84. The molecule has 2 aromatic rings. The van der Waals surface area contributed by atoms with Crippen molar-refractivity contribution in [2.24, 2.45) is 7.05 Å². The quantitative estimate of drug-likeness (QED) is 0.555. The van der Waals surface area contributed by atoms with E-state index in [4.69, 9.17) is 0 Å². The molecule has 0 aliphatic heterocycles. The van der Waals surface area contributed by atoms with Gasteiger partial charge in [-0.25, -0.2) is 0 Å². The highest BCUT2D eigenvalue weighted by Crippen LogP contribution is 2.17. The number of fused-ring (bicyclic) bond motifs is 1. The minimum atomic E-state index is 1.25. The lowest BCUT2D eigenvalue weighted by atomic mass is 10.2. The molecule has 0 saturated heterocycles. The van der Waals surface area contributed by atoms with Crippen LogP contribution in [0.2, 0.25) is 0 Å². The summed E-state index contributed by atoms with van der Waals surface area (Å²) in [6, 6.07) is 2.03. The van der Waals surface area contributed by atoms with Crippen molar-refractivity contribution >= 4 is 10.8 Å². The van der Waals surface area contributed by atoms with Gasteiger partial charge in [0, 0.05) is 42.1 Å². The Kier molecular flexibility index (Phi) is 1.22. The Labute approximate surface area is 65.5 Å². The fourth-order valence-corrected chi connectivity index (χ4v) is 1.32. The summed E-state index contributed by atoms with van der Waals surface area (Å²) in [6.07, 6.45) is 5.85. The van der Waals surface area contributed by atoms with E-state index in [0.29, 0.717) is 0 Å². The largest absolute Gasteiger partial charge is 0.353 e. The second-order valence-corrected chi connectivity index (χ2v) is 2.79. The molecule has 11 heavy (non-hydrogen) atoms. The zero-order valence-electron chi connectivity index (χ0n) is 6.70. The second-order valence-electron chi connectivity index (χ2n) is 2.79. The van der Waals surface area contributed by atoms with Gasteiger partial charge in [0.05, 0.1) is 0 Å². The van der Waals surface area contributed by atoms with Crippen LogP contribution >= 0.6 is 0 Å². The summed E-state index contributed by atoms with van der Waals surface area (Å²) in [6.45, 7) is 2.10. The molecule has 2 heteroatoms. The molecule has 2 rings (SSSR count). The first-order chi connectivity index (χ1) is 5.29. The number of hydrogen-bond donors (Lipinski definition) is 0. The molecular formula is C9H10N2. The van der Waals surface area contributed by atoms with Crippen LogP contribution in [0.5, 0.6) is 0 Å². The summed E-state index contributed by atoms with van der Waals surface area (Å²) in [7, 11) is 2.05. The van der Waals surface area contributed by atoms with E-state index in [2.05, 4.69) is 29.7 Å². The molecule has 0 bridgehead atoms. The van der Waals surface area contributed by atoms with Crippen molar-refractivity contribution < 1.29 is 0 Å². The summed E-state index contributed by atoms with van der Waals surface area (Å²) in [5.74, 6) is 0. The van der Waals surface area contributed by atoms with Gasteiger partial charge in [-0.1, -0.05) is 0 Å². The van der Waals surface area contributed by atoms with E-state index >= 15 is 0 Å². The van der Waals surface area contributed by atoms with Crippen LogP contribution in [0.4, 0.5) is 0 Å². The molecule has 0 saturated carbocycles. The van der Waals surface area contributed by atoms with E-state index in [0.717, 1.165) is 0 Å². The van der Waals surface area contributed by atoms with Gasteiger partial charge in [0.25, 0.3) is 0 Å². The minimum absolute atomic E-state index is 1.25. The highest BCUT2D eigenvalue weighted by atomic mass is 14.9. The van der Waals surface area contributed by atoms with Crippen molar-refractivity contribution in [3.05, 3.63) is 30.4 Å². The zero-order chi connectivity index (χ0) is 7.84. The van der Waals surface area contributed by atoms with Crippen LogP contribution in [0, 0.1) is 6.92 Å². The lowest BCUT2D eigenvalue weighted by Gasteiger charge is -1.92. The summed E-state index contributed by atoms with van der Waals surface area (Å²) in [5, 5.41) is 2.51. The Hall–Kier alpha value is -1.31. The molecular weight excluding hydrogens is 136 g/mol. The van der Waals surface area contributed by atoms with Gasteiger partial charge in [-0.05, 0) is 13.0 Å². The molecule has 0 aliphatic rings. The maximum absolute atomic E-state index is 4.07. The van der Waals surface area contributed by atoms with Gasteiger partial charge < -0.3 is 4.57 Å². The third kappa shape index (κ3) is 0.827. The molecule has 2 aromatic heterocycles. The number of pyridine rings is 1. The molecule has 0 amide bonds. The van der Waals surface area contributed by atoms with Crippen molar-refractivity contribution in [2.45, 2.75) is 6.92 Å². The number of aromatic nitrogens is 2. The molecule has 0 aromatic carbocycles. The molecule has 0 N–H and O–H groups in total. The van der Waals surface area contributed by atoms with E-state index in [-0.39, 0.29) is 0 Å². The first-order valence-electron chi connectivity index (χ1n) is 3.64. The molecule has 0 radical (unpaired) electrons. The second kappa shape index (κ2) is 2.09. The summed E-state index contributed by atoms with van der Waals surface area (Å²) >= 11 is 0. The van der Waals surface area contributed by atoms with E-state index in [1.165, 1.54) is 16.5 Å². The molecule has 0 aliphatic carbocycles. The molecule has 2 heterocycles. The Morgan fingerprint density at radius 3 is 3.00 bits per heavy atom. The van der Waals surface area contributed by atoms with Crippen LogP contribution in [-0.2, 0) is 7.05 Å². The van der Waals surface area contributed by atoms with E-state index < -0.39 is 0 Å². The smallest absolute Gasteiger partial charge is 0.0364 e. The molecule has 2 nitrogen and oxygen atoms in total. The van der Waals surface area contributed by atoms with Crippen molar-refractivity contribution in [1.82, 2.24) is 9.55 Å². The van der Waals surface area contributed by atoms with Crippen molar-refractivity contribution in [3.63, 3.8) is 0 Å². The van der Waals surface area contributed by atoms with Gasteiger partial charge in [-0.15, -0.1) is 0 Å². The Bertz CT molecular complexity index is 387. The third-order valence-electron chi connectivity index (χ3n) is 2.11. The lowest BCUT2D eigenvalue weighted by molar-refractivity contribution is 0.889. The summed E-state index contributed by atoms with van der Waals surface area (Å²) in [4.78, 5) is 4.07. The van der Waals surface area contributed by atoms with Crippen LogP contribution in [-0.4, -0.2) is 9.55 Å². The SMILES string of the molecule is Cc1c2cnccc2cn1C. The predicted molar refractivity (Wildman–Crippen MR) is 45.5 cm³/mol. The lowest BCUT2D eigenvalue weighted by Crippen LogP contribution is -1.85. The van der Waals surface area contributed by atoms with Crippen molar-refractivity contribution in [1.29, 1.82) is 0 Å². The fourth-order valence-electron chi connectivity index (χ4n) is 1.32. The van der Waals surface area contributed by atoms with Crippen LogP contribution in [0.1, 0.15) is 5.69 Å². The topological polar surface area (TPSA) is 17.8 Å². The highest BCUT2D eigenvalue weighted by Gasteiger charge is 1.99. The maximum atomic E-state index is 4.07. The Morgan fingerprint density at radius 2 is 2.27 bits per heavy atom. The van der Waals surface area contributed by atoms with Gasteiger partial charge in [0.1, 0.15) is 0 Å². The number of nitrogens with zero attached hydrogens (tertiary/aromatic N) is 2. The average Bonchev–Trinajstić information content (AvgIpc) is 2.30. The molecule has 56 valence electrons. The van der Waals surface area contributed by atoms with Gasteiger partial charge in [0.2, 0.25) is 0 Å². The van der Waals surface area contributed by atoms with Gasteiger partial charge in [0.15, 0.2) is 0 Å². The number of hydrogen-bond acceptors (Lipinski definition) is 1. The minimum Gasteiger partial charge on any atom is -0.353 e. The number of rotatable bonds is 0. The van der Waals surface area contributed by atoms with Gasteiger partial charge >= 0.3 is 0 Å². The maximum Gasteiger partial charge on any atom is 0.0364 e. The third-order valence-corrected chi connectivity index (χ3v) is 2.11. The van der Waals surface area contributed by atoms with Crippen molar-refractivity contribution in [2.75, 3.05) is 0 Å².